The van der Waals surface area contributed by atoms with E-state index >= 15 is 0 Å². The molecule has 162 valence electrons. The van der Waals surface area contributed by atoms with Crippen LogP contribution in [0.2, 0.25) is 0 Å². The number of allylic oxidation sites excluding steroid dienone is 2. The van der Waals surface area contributed by atoms with Gasteiger partial charge in [-0.25, -0.2) is 0 Å². The summed E-state index contributed by atoms with van der Waals surface area (Å²) in [7, 11) is 1.58. The smallest absolute Gasteiger partial charge is 0.221 e. The van der Waals surface area contributed by atoms with Gasteiger partial charge in [0.25, 0.3) is 0 Å². The predicted molar refractivity (Wildman–Crippen MR) is 128 cm³/mol. The van der Waals surface area contributed by atoms with Gasteiger partial charge in [0.05, 0.1) is 6.61 Å². The van der Waals surface area contributed by atoms with Crippen molar-refractivity contribution in [2.45, 2.75) is 25.4 Å². The molecule has 2 atom stereocenters. The van der Waals surface area contributed by atoms with E-state index in [4.69, 9.17) is 33.3 Å². The first-order valence-electron chi connectivity index (χ1n) is 9.65. The van der Waals surface area contributed by atoms with Crippen molar-refractivity contribution < 1.29 is 14.3 Å². The van der Waals surface area contributed by atoms with Crippen molar-refractivity contribution in [1.82, 2.24) is 5.32 Å². The maximum atomic E-state index is 11.2. The van der Waals surface area contributed by atoms with Crippen LogP contribution in [0.15, 0.2) is 77.9 Å². The fourth-order valence-electron chi connectivity index (χ4n) is 3.08. The van der Waals surface area contributed by atoms with Crippen molar-refractivity contribution in [3.8, 4) is 0 Å². The average Bonchev–Trinajstić information content (AvgIpc) is 2.75. The third-order valence-corrected chi connectivity index (χ3v) is 5.08. The lowest BCUT2D eigenvalue weighted by Crippen LogP contribution is -2.55. The highest BCUT2D eigenvalue weighted by Crippen LogP contribution is 2.29. The van der Waals surface area contributed by atoms with Crippen molar-refractivity contribution >= 4 is 46.2 Å². The molecule has 2 aromatic carbocycles. The molecule has 31 heavy (non-hydrogen) atoms. The molecule has 6 nitrogen and oxygen atoms in total. The zero-order valence-electron chi connectivity index (χ0n) is 17.2. The van der Waals surface area contributed by atoms with Crippen LogP contribution in [-0.4, -0.2) is 30.0 Å². The number of halogens is 1. The highest BCUT2D eigenvalue weighted by atomic mass is 35.5. The second-order valence-corrected chi connectivity index (χ2v) is 7.76. The van der Waals surface area contributed by atoms with Gasteiger partial charge in [0.1, 0.15) is 6.04 Å². The number of benzene rings is 2. The number of nitrogens with one attached hydrogen (secondary N) is 3. The summed E-state index contributed by atoms with van der Waals surface area (Å²) in [5.41, 5.74) is 2.49. The van der Waals surface area contributed by atoms with Gasteiger partial charge in [-0.1, -0.05) is 41.9 Å². The molecule has 0 heterocycles. The van der Waals surface area contributed by atoms with Gasteiger partial charge in [-0.15, -0.1) is 0 Å². The number of methoxy groups -OCH3 is 1. The molecular formula is C23H24ClN3O3S. The van der Waals surface area contributed by atoms with E-state index in [9.17, 15) is 4.79 Å². The lowest BCUT2D eigenvalue weighted by molar-refractivity contribution is -0.204. The second-order valence-electron chi connectivity index (χ2n) is 6.92. The minimum Gasteiger partial charge on any atom is -0.350 e. The Labute approximate surface area is 192 Å². The van der Waals surface area contributed by atoms with Crippen LogP contribution in [0, 0.1) is 0 Å². The third-order valence-electron chi connectivity index (χ3n) is 4.61. The minimum atomic E-state index is -1.09. The van der Waals surface area contributed by atoms with E-state index in [-0.39, 0.29) is 5.91 Å². The van der Waals surface area contributed by atoms with Crippen molar-refractivity contribution in [3.63, 3.8) is 0 Å². The van der Waals surface area contributed by atoms with Crippen molar-refractivity contribution in [2.24, 2.45) is 0 Å². The second kappa shape index (κ2) is 10.5. The lowest BCUT2D eigenvalue weighted by Gasteiger charge is -2.38. The Balaban J connectivity index is 1.68. The van der Waals surface area contributed by atoms with Gasteiger partial charge in [-0.2, -0.15) is 0 Å². The van der Waals surface area contributed by atoms with Gasteiger partial charge >= 0.3 is 0 Å². The maximum Gasteiger partial charge on any atom is 0.221 e. The molecule has 0 saturated carbocycles. The number of hydrogen-bond acceptors (Lipinski definition) is 4. The van der Waals surface area contributed by atoms with Gasteiger partial charge in [-0.05, 0) is 60.3 Å². The van der Waals surface area contributed by atoms with Crippen molar-refractivity contribution in [1.29, 1.82) is 0 Å². The number of ether oxygens (including phenoxy) is 2. The average molecular weight is 458 g/mol. The highest BCUT2D eigenvalue weighted by Gasteiger charge is 2.39. The Morgan fingerprint density at radius 1 is 1.10 bits per heavy atom. The molecule has 0 fully saturated rings. The molecule has 2 aromatic rings. The number of anilines is 2. The van der Waals surface area contributed by atoms with Crippen LogP contribution < -0.4 is 16.0 Å². The molecular weight excluding hydrogens is 434 g/mol. The number of carbonyl (C=O) groups excluding carboxylic acids is 1. The number of hydrogen-bond donors (Lipinski definition) is 3. The topological polar surface area (TPSA) is 71.6 Å². The monoisotopic (exact) mass is 457 g/mol. The van der Waals surface area contributed by atoms with E-state index in [1.807, 2.05) is 42.5 Å². The minimum absolute atomic E-state index is 0.127. The number of rotatable bonds is 7. The van der Waals surface area contributed by atoms with Crippen molar-refractivity contribution in [2.75, 3.05) is 17.7 Å². The first-order valence-corrected chi connectivity index (χ1v) is 10.4. The third kappa shape index (κ3) is 6.38. The van der Waals surface area contributed by atoms with Gasteiger partial charge < -0.3 is 25.4 Å². The van der Waals surface area contributed by atoms with E-state index in [1.54, 1.807) is 37.5 Å². The first kappa shape index (κ1) is 23.0. The zero-order valence-corrected chi connectivity index (χ0v) is 18.8. The molecule has 3 N–H and O–H groups in total. The molecule has 8 heteroatoms. The Morgan fingerprint density at radius 2 is 1.74 bits per heavy atom. The summed E-state index contributed by atoms with van der Waals surface area (Å²) < 4.78 is 11.9. The highest BCUT2D eigenvalue weighted by molar-refractivity contribution is 7.80. The molecule has 0 aliphatic heterocycles. The van der Waals surface area contributed by atoms with Crippen LogP contribution >= 0.6 is 23.8 Å². The van der Waals surface area contributed by atoms with E-state index in [1.165, 1.54) is 6.92 Å². The van der Waals surface area contributed by atoms with Gasteiger partial charge in [0, 0.05) is 30.4 Å². The van der Waals surface area contributed by atoms with E-state index < -0.39 is 11.8 Å². The normalized spacial score (nSPS) is 20.0. The number of carbonyl (C=O) groups is 1. The van der Waals surface area contributed by atoms with Crippen LogP contribution in [-0.2, 0) is 20.9 Å². The Morgan fingerprint density at radius 3 is 2.35 bits per heavy atom. The molecule has 0 radical (unpaired) electrons. The fourth-order valence-corrected chi connectivity index (χ4v) is 3.52. The number of thiocarbonyl (C=S) groups is 1. The SMILES string of the molecule is COC1(OCc2ccccc2)C=CC(Cl)=CC1NC(=S)Nc1ccc(NC(C)=O)cc1. The van der Waals surface area contributed by atoms with E-state index in [0.717, 1.165) is 11.3 Å². The van der Waals surface area contributed by atoms with E-state index in [2.05, 4.69) is 16.0 Å². The Bertz CT molecular complexity index is 979. The molecule has 1 amide bonds. The first-order chi connectivity index (χ1) is 14.9. The van der Waals surface area contributed by atoms with Gasteiger partial charge in [-0.3, -0.25) is 4.79 Å². The summed E-state index contributed by atoms with van der Waals surface area (Å²) in [4.78, 5) is 11.2. The van der Waals surface area contributed by atoms with Crippen LogP contribution in [0.1, 0.15) is 12.5 Å². The molecule has 2 unspecified atom stereocenters. The summed E-state index contributed by atoms with van der Waals surface area (Å²) in [6, 6.07) is 16.6. The van der Waals surface area contributed by atoms with Crippen LogP contribution in [0.25, 0.3) is 0 Å². The molecule has 1 aliphatic carbocycles. The van der Waals surface area contributed by atoms with Crippen LogP contribution in [0.4, 0.5) is 11.4 Å². The molecule has 0 bridgehead atoms. The number of amides is 1. The zero-order chi connectivity index (χ0) is 22.3. The molecule has 0 saturated heterocycles. The van der Waals surface area contributed by atoms with Crippen LogP contribution in [0.3, 0.4) is 0 Å². The maximum absolute atomic E-state index is 11.2. The molecule has 0 aromatic heterocycles. The lowest BCUT2D eigenvalue weighted by atomic mass is 10.0. The molecule has 0 spiro atoms. The van der Waals surface area contributed by atoms with E-state index in [0.29, 0.717) is 22.4 Å². The summed E-state index contributed by atoms with van der Waals surface area (Å²) >= 11 is 11.7. The summed E-state index contributed by atoms with van der Waals surface area (Å²) in [5, 5.41) is 9.98. The predicted octanol–water partition coefficient (Wildman–Crippen LogP) is 4.55. The summed E-state index contributed by atoms with van der Waals surface area (Å²) in [6.07, 6.45) is 5.32. The van der Waals surface area contributed by atoms with Gasteiger partial charge in [0.2, 0.25) is 11.7 Å². The standard InChI is InChI=1S/C23H24ClN3O3S/c1-16(28)25-19-8-10-20(11-9-19)26-22(31)27-21-14-18(24)12-13-23(21,29-2)30-15-17-6-4-3-5-7-17/h3-14,21H,15H2,1-2H3,(H,25,28)(H2,26,27,31). The van der Waals surface area contributed by atoms with Crippen molar-refractivity contribution in [3.05, 3.63) is 83.4 Å². The molecule has 1 aliphatic rings. The Kier molecular flexibility index (Phi) is 7.81. The quantitative estimate of drug-likeness (QED) is 0.418. The summed E-state index contributed by atoms with van der Waals surface area (Å²) in [6.45, 7) is 1.82. The summed E-state index contributed by atoms with van der Waals surface area (Å²) in [5.74, 6) is -1.21. The molecule has 3 rings (SSSR count). The van der Waals surface area contributed by atoms with Gasteiger partial charge in [0.15, 0.2) is 5.11 Å². The Hall–Kier alpha value is -2.71. The fraction of sp³-hybridized carbons (Fsp3) is 0.217. The largest absolute Gasteiger partial charge is 0.350 e. The van der Waals surface area contributed by atoms with Crippen LogP contribution in [0.5, 0.6) is 0 Å².